The van der Waals surface area contributed by atoms with Crippen LogP contribution < -0.4 is 5.32 Å². The molecule has 6 rings (SSSR count). The summed E-state index contributed by atoms with van der Waals surface area (Å²) in [6, 6.07) is 14.8. The van der Waals surface area contributed by atoms with Gasteiger partial charge in [-0.2, -0.15) is 0 Å². The SMILES string of the molecule is C/C=C(\C)C(=O)N[C@@H](c1ccccc1)[C@@H](O)C(=O)O[C@H]1C[C@@]2(O)[C@@H](OC(=O)c3ccccc3)[C@H]3[C@]4(OC(C)=O)CO[C@@H]4C[C@H](O)[C@@]3(C)C(=O)[C@H](OC(C)=O)C(=C1C)C2(C)C. The molecule has 1 amide bonds. The highest BCUT2D eigenvalue weighted by Crippen LogP contribution is 2.64. The Hall–Kier alpha value is -5.22. The van der Waals surface area contributed by atoms with Crippen molar-refractivity contribution in [1.82, 2.24) is 5.32 Å². The number of amides is 1. The van der Waals surface area contributed by atoms with E-state index in [2.05, 4.69) is 5.32 Å². The number of ether oxygens (including phenoxy) is 5. The van der Waals surface area contributed by atoms with Crippen LogP contribution in [0.1, 0.15) is 90.2 Å². The molecule has 2 aromatic rings. The summed E-state index contributed by atoms with van der Waals surface area (Å²) in [6.45, 7) is 11.2. The number of esters is 4. The average Bonchev–Trinajstić information content (AvgIpc) is 3.20. The fourth-order valence-electron chi connectivity index (χ4n) is 9.75. The zero-order valence-corrected chi connectivity index (χ0v) is 34.9. The summed E-state index contributed by atoms with van der Waals surface area (Å²) in [4.78, 5) is 82.9. The number of benzene rings is 2. The number of carbonyl (C=O) groups excluding carboxylic acids is 6. The van der Waals surface area contributed by atoms with Gasteiger partial charge in [0.25, 0.3) is 0 Å². The van der Waals surface area contributed by atoms with E-state index in [1.165, 1.54) is 26.0 Å². The molecular weight excluding hydrogens is 778 g/mol. The maximum atomic E-state index is 15.4. The molecule has 0 spiro atoms. The zero-order valence-electron chi connectivity index (χ0n) is 34.9. The molecule has 15 heteroatoms. The summed E-state index contributed by atoms with van der Waals surface area (Å²) in [5.74, 6) is -6.78. The van der Waals surface area contributed by atoms with Crippen molar-refractivity contribution in [3.05, 3.63) is 94.6 Å². The van der Waals surface area contributed by atoms with Gasteiger partial charge in [-0.15, -0.1) is 0 Å². The molecule has 11 atom stereocenters. The number of aliphatic hydroxyl groups is 3. The van der Waals surface area contributed by atoms with Crippen molar-refractivity contribution in [2.75, 3.05) is 6.61 Å². The van der Waals surface area contributed by atoms with Gasteiger partial charge in [-0.05, 0) is 56.5 Å². The van der Waals surface area contributed by atoms with Gasteiger partial charge in [-0.25, -0.2) is 9.59 Å². The van der Waals surface area contributed by atoms with E-state index < -0.39 is 113 Å². The van der Waals surface area contributed by atoms with Crippen LogP contribution in [0.15, 0.2) is 83.5 Å². The number of ketones is 1. The van der Waals surface area contributed by atoms with Crippen molar-refractivity contribution in [3.63, 3.8) is 0 Å². The van der Waals surface area contributed by atoms with Crippen LogP contribution in [0.3, 0.4) is 0 Å². The first-order valence-electron chi connectivity index (χ1n) is 19.9. The van der Waals surface area contributed by atoms with Crippen LogP contribution in [0.2, 0.25) is 0 Å². The topological polar surface area (TPSA) is 221 Å². The molecule has 4 aliphatic rings. The van der Waals surface area contributed by atoms with Gasteiger partial charge in [0.15, 0.2) is 23.6 Å². The number of fused-ring (bicyclic) bond motifs is 5. The largest absolute Gasteiger partial charge is 0.456 e. The molecule has 4 N–H and O–H groups in total. The molecule has 15 nitrogen and oxygen atoms in total. The van der Waals surface area contributed by atoms with Crippen molar-refractivity contribution in [2.24, 2.45) is 16.7 Å². The molecule has 1 saturated heterocycles. The van der Waals surface area contributed by atoms with Gasteiger partial charge < -0.3 is 44.3 Å². The first-order valence-corrected chi connectivity index (χ1v) is 19.9. The lowest BCUT2D eigenvalue weighted by Crippen LogP contribution is -2.82. The normalized spacial score (nSPS) is 32.9. The summed E-state index contributed by atoms with van der Waals surface area (Å²) < 4.78 is 30.2. The Bertz CT molecular complexity index is 2110. The lowest BCUT2D eigenvalue weighted by molar-refractivity contribution is -0.346. The molecule has 2 bridgehead atoms. The van der Waals surface area contributed by atoms with E-state index in [1.54, 1.807) is 82.3 Å². The maximum absolute atomic E-state index is 15.4. The highest BCUT2D eigenvalue weighted by atomic mass is 16.6. The van der Waals surface area contributed by atoms with Gasteiger partial charge in [0.1, 0.15) is 23.9 Å². The fraction of sp³-hybridized carbons (Fsp3) is 0.511. The number of nitrogens with one attached hydrogen (secondary N) is 1. The van der Waals surface area contributed by atoms with Crippen LogP contribution in [-0.4, -0.2) is 105 Å². The maximum Gasteiger partial charge on any atom is 0.338 e. The second-order valence-corrected chi connectivity index (χ2v) is 17.0. The van der Waals surface area contributed by atoms with Crippen LogP contribution in [0.5, 0.6) is 0 Å². The highest BCUT2D eigenvalue weighted by molar-refractivity contribution is 5.96. The summed E-state index contributed by atoms with van der Waals surface area (Å²) in [5, 5.41) is 40.0. The number of hydrogen-bond acceptors (Lipinski definition) is 14. The smallest absolute Gasteiger partial charge is 0.338 e. The molecule has 3 aliphatic carbocycles. The van der Waals surface area contributed by atoms with Gasteiger partial charge in [0.05, 0.1) is 35.6 Å². The predicted molar refractivity (Wildman–Crippen MR) is 211 cm³/mol. The third kappa shape index (κ3) is 7.24. The van der Waals surface area contributed by atoms with Crippen LogP contribution in [0.25, 0.3) is 0 Å². The Morgan fingerprint density at radius 2 is 1.53 bits per heavy atom. The van der Waals surface area contributed by atoms with Crippen LogP contribution in [-0.2, 0) is 47.7 Å². The van der Waals surface area contributed by atoms with Crippen LogP contribution in [0.4, 0.5) is 0 Å². The van der Waals surface area contributed by atoms with Crippen molar-refractivity contribution < 1.29 is 67.8 Å². The number of allylic oxidation sites excluding steroid dienone is 1. The molecular formula is C45H53NO14. The van der Waals surface area contributed by atoms with Gasteiger partial charge in [-0.3, -0.25) is 19.2 Å². The highest BCUT2D eigenvalue weighted by Gasteiger charge is 2.78. The molecule has 2 saturated carbocycles. The van der Waals surface area contributed by atoms with Gasteiger partial charge in [-0.1, -0.05) is 68.5 Å². The number of rotatable bonds is 10. The third-order valence-electron chi connectivity index (χ3n) is 13.2. The lowest BCUT2D eigenvalue weighted by Gasteiger charge is -2.67. The number of carbonyl (C=O) groups is 6. The van der Waals surface area contributed by atoms with Crippen molar-refractivity contribution in [3.8, 4) is 0 Å². The molecule has 322 valence electrons. The van der Waals surface area contributed by atoms with Crippen LogP contribution in [0, 0.1) is 16.7 Å². The lowest BCUT2D eigenvalue weighted by atomic mass is 9.44. The minimum Gasteiger partial charge on any atom is -0.456 e. The first kappa shape index (κ1) is 44.3. The molecule has 0 radical (unpaired) electrons. The Morgan fingerprint density at radius 1 is 0.917 bits per heavy atom. The van der Waals surface area contributed by atoms with Crippen molar-refractivity contribution >= 4 is 35.6 Å². The van der Waals surface area contributed by atoms with Gasteiger partial charge in [0.2, 0.25) is 5.91 Å². The average molecular weight is 832 g/mol. The van der Waals surface area contributed by atoms with E-state index in [-0.39, 0.29) is 29.7 Å². The Balaban J connectivity index is 1.56. The summed E-state index contributed by atoms with van der Waals surface area (Å²) in [5.41, 5.74) is -6.91. The Morgan fingerprint density at radius 3 is 2.08 bits per heavy atom. The third-order valence-corrected chi connectivity index (χ3v) is 13.2. The Kier molecular flexibility index (Phi) is 12.1. The fourth-order valence-corrected chi connectivity index (χ4v) is 9.75. The predicted octanol–water partition coefficient (Wildman–Crippen LogP) is 3.39. The molecule has 1 heterocycles. The molecule has 3 fully saturated rings. The van der Waals surface area contributed by atoms with Gasteiger partial charge >= 0.3 is 23.9 Å². The van der Waals surface area contributed by atoms with Crippen molar-refractivity contribution in [1.29, 1.82) is 0 Å². The minimum absolute atomic E-state index is 0.00140. The number of aliphatic hydroxyl groups excluding tert-OH is 2. The minimum atomic E-state index is -2.38. The molecule has 0 aromatic heterocycles. The molecule has 60 heavy (non-hydrogen) atoms. The summed E-state index contributed by atoms with van der Waals surface area (Å²) >= 11 is 0. The van der Waals surface area contributed by atoms with E-state index in [0.717, 1.165) is 13.8 Å². The zero-order chi connectivity index (χ0) is 44.1. The second-order valence-electron chi connectivity index (χ2n) is 17.0. The van der Waals surface area contributed by atoms with Gasteiger partial charge in [0, 0.05) is 37.7 Å². The molecule has 0 unspecified atom stereocenters. The second kappa shape index (κ2) is 16.3. The van der Waals surface area contributed by atoms with E-state index >= 15 is 4.79 Å². The molecule has 1 aliphatic heterocycles. The monoisotopic (exact) mass is 831 g/mol. The standard InChI is InChI=1S/C45H53NO14/c1-9-23(2)39(52)46-33(27-16-12-10-13-17-27)34(50)41(54)58-29-21-45(55)38(59-40(53)28-18-14-11-15-19-28)36-43(8,30(49)20-31-44(36,22-56-31)60-26(5)48)37(51)35(57-25(4)47)32(24(29)3)42(45,6)7/h9-19,29-31,33-36,38,49-50,55H,20-22H2,1-8H3,(H,46,52)/b23-9+/t29-,30-,31+,33-,34+,35+,36+,38-,43+,44-,45+/m0/s1. The van der Waals surface area contributed by atoms with E-state index in [4.69, 9.17) is 23.7 Å². The summed E-state index contributed by atoms with van der Waals surface area (Å²) in [6.07, 6.45) is -8.88. The number of hydrogen-bond donors (Lipinski definition) is 4. The Labute approximate surface area is 348 Å². The van der Waals surface area contributed by atoms with E-state index in [9.17, 15) is 39.3 Å². The first-order chi connectivity index (χ1) is 28.1. The van der Waals surface area contributed by atoms with E-state index in [1.807, 2.05) is 0 Å². The summed E-state index contributed by atoms with van der Waals surface area (Å²) in [7, 11) is 0. The van der Waals surface area contributed by atoms with Crippen molar-refractivity contribution in [2.45, 2.75) is 122 Å². The quantitative estimate of drug-likeness (QED) is 0.117. The van der Waals surface area contributed by atoms with E-state index in [0.29, 0.717) is 11.1 Å². The molecule has 2 aromatic carbocycles. The number of Topliss-reactive ketones (excluding diaryl/α,β-unsaturated/α-hetero) is 1. The van der Waals surface area contributed by atoms with Crippen LogP contribution >= 0.6 is 0 Å².